The Morgan fingerprint density at radius 3 is 2.45 bits per heavy atom. The standard InChI is InChI=1S/C19H27N/c1-3-7-17(8-4-1)9-10-18-11-13-19(14-12-18)20-15-5-2-6-16-20/h2,5,11-14,17H,1,3-4,6-10,15-16H2. The molecule has 1 heterocycles. The first-order valence-electron chi connectivity index (χ1n) is 8.41. The van der Waals surface area contributed by atoms with Crippen LogP contribution in [0.25, 0.3) is 0 Å². The third-order valence-corrected chi connectivity index (χ3v) is 4.93. The molecule has 0 atom stereocenters. The molecule has 1 aliphatic carbocycles. The van der Waals surface area contributed by atoms with Gasteiger partial charge in [0.1, 0.15) is 0 Å². The second kappa shape index (κ2) is 6.97. The quantitative estimate of drug-likeness (QED) is 0.698. The van der Waals surface area contributed by atoms with E-state index in [1.54, 1.807) is 0 Å². The van der Waals surface area contributed by atoms with Crippen LogP contribution in [-0.2, 0) is 6.42 Å². The number of hydrogen-bond donors (Lipinski definition) is 0. The monoisotopic (exact) mass is 269 g/mol. The lowest BCUT2D eigenvalue weighted by atomic mass is 9.85. The molecule has 0 amide bonds. The third-order valence-electron chi connectivity index (χ3n) is 4.93. The Balaban J connectivity index is 1.51. The van der Waals surface area contributed by atoms with Crippen LogP contribution in [0.4, 0.5) is 5.69 Å². The molecule has 1 aromatic carbocycles. The SMILES string of the molecule is C1=CCN(c2ccc(CCC3CCCCC3)cc2)CC1. The molecule has 20 heavy (non-hydrogen) atoms. The molecule has 1 aliphatic heterocycles. The van der Waals surface area contributed by atoms with E-state index in [2.05, 4.69) is 41.3 Å². The fraction of sp³-hybridized carbons (Fsp3) is 0.579. The summed E-state index contributed by atoms with van der Waals surface area (Å²) in [5.74, 6) is 0.996. The van der Waals surface area contributed by atoms with Gasteiger partial charge in [-0.25, -0.2) is 0 Å². The first kappa shape index (κ1) is 13.7. The van der Waals surface area contributed by atoms with Gasteiger partial charge in [-0.05, 0) is 42.9 Å². The van der Waals surface area contributed by atoms with Crippen LogP contribution in [-0.4, -0.2) is 13.1 Å². The minimum Gasteiger partial charge on any atom is -0.368 e. The molecule has 1 saturated carbocycles. The van der Waals surface area contributed by atoms with E-state index in [9.17, 15) is 0 Å². The predicted molar refractivity (Wildman–Crippen MR) is 87.3 cm³/mol. The normalized spacial score (nSPS) is 20.3. The van der Waals surface area contributed by atoms with Crippen molar-refractivity contribution in [1.29, 1.82) is 0 Å². The highest BCUT2D eigenvalue weighted by molar-refractivity contribution is 5.48. The van der Waals surface area contributed by atoms with E-state index in [-0.39, 0.29) is 0 Å². The molecule has 0 radical (unpaired) electrons. The summed E-state index contributed by atoms with van der Waals surface area (Å²) < 4.78 is 0. The molecule has 0 N–H and O–H groups in total. The van der Waals surface area contributed by atoms with Gasteiger partial charge >= 0.3 is 0 Å². The second-order valence-corrected chi connectivity index (χ2v) is 6.42. The highest BCUT2D eigenvalue weighted by atomic mass is 15.1. The lowest BCUT2D eigenvalue weighted by Crippen LogP contribution is -2.26. The van der Waals surface area contributed by atoms with Gasteiger partial charge in [0.05, 0.1) is 0 Å². The summed E-state index contributed by atoms with van der Waals surface area (Å²) in [6.07, 6.45) is 15.7. The van der Waals surface area contributed by atoms with Gasteiger partial charge in [0.15, 0.2) is 0 Å². The van der Waals surface area contributed by atoms with Gasteiger partial charge in [-0.1, -0.05) is 56.4 Å². The van der Waals surface area contributed by atoms with Gasteiger partial charge in [-0.3, -0.25) is 0 Å². The van der Waals surface area contributed by atoms with Crippen LogP contribution in [0.2, 0.25) is 0 Å². The van der Waals surface area contributed by atoms with E-state index in [0.29, 0.717) is 0 Å². The van der Waals surface area contributed by atoms with Crippen molar-refractivity contribution in [3.8, 4) is 0 Å². The van der Waals surface area contributed by atoms with E-state index in [4.69, 9.17) is 0 Å². The van der Waals surface area contributed by atoms with Gasteiger partial charge in [-0.15, -0.1) is 0 Å². The Morgan fingerprint density at radius 1 is 0.950 bits per heavy atom. The molecule has 2 aliphatic rings. The number of benzene rings is 1. The average Bonchev–Trinajstić information content (AvgIpc) is 2.55. The molecule has 0 saturated heterocycles. The fourth-order valence-electron chi connectivity index (χ4n) is 3.60. The fourth-order valence-corrected chi connectivity index (χ4v) is 3.60. The lowest BCUT2D eigenvalue weighted by Gasteiger charge is -2.26. The highest BCUT2D eigenvalue weighted by Crippen LogP contribution is 2.28. The number of aryl methyl sites for hydroxylation is 1. The number of rotatable bonds is 4. The lowest BCUT2D eigenvalue weighted by molar-refractivity contribution is 0.339. The maximum absolute atomic E-state index is 2.46. The van der Waals surface area contributed by atoms with Crippen LogP contribution in [0, 0.1) is 5.92 Å². The van der Waals surface area contributed by atoms with Gasteiger partial charge in [-0.2, -0.15) is 0 Å². The first-order chi connectivity index (χ1) is 9.92. The molecule has 0 bridgehead atoms. The van der Waals surface area contributed by atoms with Crippen LogP contribution in [0.1, 0.15) is 50.5 Å². The van der Waals surface area contributed by atoms with Gasteiger partial charge in [0.25, 0.3) is 0 Å². The summed E-state index contributed by atoms with van der Waals surface area (Å²) in [4.78, 5) is 2.46. The smallest absolute Gasteiger partial charge is 0.0369 e. The molecular weight excluding hydrogens is 242 g/mol. The van der Waals surface area contributed by atoms with Crippen molar-refractivity contribution in [2.45, 2.75) is 51.4 Å². The van der Waals surface area contributed by atoms with E-state index >= 15 is 0 Å². The zero-order valence-corrected chi connectivity index (χ0v) is 12.6. The van der Waals surface area contributed by atoms with Crippen molar-refractivity contribution < 1.29 is 0 Å². The van der Waals surface area contributed by atoms with Crippen molar-refractivity contribution in [2.75, 3.05) is 18.0 Å². The molecule has 3 rings (SSSR count). The Kier molecular flexibility index (Phi) is 4.78. The summed E-state index contributed by atoms with van der Waals surface area (Å²) >= 11 is 0. The van der Waals surface area contributed by atoms with E-state index in [1.807, 2.05) is 0 Å². The van der Waals surface area contributed by atoms with Gasteiger partial charge in [0.2, 0.25) is 0 Å². The van der Waals surface area contributed by atoms with E-state index in [0.717, 1.165) is 19.0 Å². The zero-order chi connectivity index (χ0) is 13.6. The molecular formula is C19H27N. The maximum Gasteiger partial charge on any atom is 0.0369 e. The Bertz CT molecular complexity index is 426. The Hall–Kier alpha value is -1.24. The van der Waals surface area contributed by atoms with Gasteiger partial charge in [0, 0.05) is 18.8 Å². The van der Waals surface area contributed by atoms with E-state index in [1.165, 1.54) is 62.6 Å². The number of nitrogens with zero attached hydrogens (tertiary/aromatic N) is 1. The first-order valence-corrected chi connectivity index (χ1v) is 8.41. The van der Waals surface area contributed by atoms with Crippen LogP contribution in [0.15, 0.2) is 36.4 Å². The molecule has 1 nitrogen and oxygen atoms in total. The van der Waals surface area contributed by atoms with E-state index < -0.39 is 0 Å². The van der Waals surface area contributed by atoms with Crippen LogP contribution >= 0.6 is 0 Å². The minimum atomic E-state index is 0.996. The molecule has 0 aromatic heterocycles. The molecule has 1 fully saturated rings. The van der Waals surface area contributed by atoms with Crippen LogP contribution in [0.3, 0.4) is 0 Å². The summed E-state index contributed by atoms with van der Waals surface area (Å²) in [7, 11) is 0. The molecule has 108 valence electrons. The topological polar surface area (TPSA) is 3.24 Å². The van der Waals surface area contributed by atoms with Crippen molar-refractivity contribution in [3.63, 3.8) is 0 Å². The van der Waals surface area contributed by atoms with Crippen LogP contribution in [0.5, 0.6) is 0 Å². The van der Waals surface area contributed by atoms with Crippen molar-refractivity contribution in [2.24, 2.45) is 5.92 Å². The maximum atomic E-state index is 2.46. The summed E-state index contributed by atoms with van der Waals surface area (Å²) in [5.41, 5.74) is 2.91. The summed E-state index contributed by atoms with van der Waals surface area (Å²) in [5, 5.41) is 0. The molecule has 0 unspecified atom stereocenters. The van der Waals surface area contributed by atoms with Gasteiger partial charge < -0.3 is 4.90 Å². The summed E-state index contributed by atoms with van der Waals surface area (Å²) in [6, 6.07) is 9.32. The summed E-state index contributed by atoms with van der Waals surface area (Å²) in [6.45, 7) is 2.24. The van der Waals surface area contributed by atoms with Crippen molar-refractivity contribution in [3.05, 3.63) is 42.0 Å². The zero-order valence-electron chi connectivity index (χ0n) is 12.6. The highest BCUT2D eigenvalue weighted by Gasteiger charge is 2.13. The predicted octanol–water partition coefficient (Wildman–Crippen LogP) is 4.97. The molecule has 0 spiro atoms. The van der Waals surface area contributed by atoms with Crippen LogP contribution < -0.4 is 4.90 Å². The Labute approximate surface area is 123 Å². The van der Waals surface area contributed by atoms with Crippen molar-refractivity contribution >= 4 is 5.69 Å². The Morgan fingerprint density at radius 2 is 1.75 bits per heavy atom. The average molecular weight is 269 g/mol. The third kappa shape index (κ3) is 3.65. The largest absolute Gasteiger partial charge is 0.368 e. The number of anilines is 1. The van der Waals surface area contributed by atoms with Crippen molar-refractivity contribution in [1.82, 2.24) is 0 Å². The number of hydrogen-bond acceptors (Lipinski definition) is 1. The molecule has 1 aromatic rings. The molecule has 1 heteroatoms. The second-order valence-electron chi connectivity index (χ2n) is 6.42. The minimum absolute atomic E-state index is 0.996.